The molecule has 6 heteroatoms. The first-order chi connectivity index (χ1) is 9.51. The Hall–Kier alpha value is -2.40. The molecule has 0 spiro atoms. The van der Waals surface area contributed by atoms with Crippen LogP contribution in [-0.2, 0) is 0 Å². The SMILES string of the molecule is COc1cc(NC(=O)c2ccc(N)c(O)c2)ccc1Cl. The summed E-state index contributed by atoms with van der Waals surface area (Å²) in [5, 5.41) is 12.6. The third kappa shape index (κ3) is 2.95. The highest BCUT2D eigenvalue weighted by Gasteiger charge is 2.10. The van der Waals surface area contributed by atoms with Crippen LogP contribution in [-0.4, -0.2) is 18.1 Å². The number of hydrogen-bond donors (Lipinski definition) is 3. The monoisotopic (exact) mass is 292 g/mol. The summed E-state index contributed by atoms with van der Waals surface area (Å²) >= 11 is 5.90. The minimum absolute atomic E-state index is 0.133. The van der Waals surface area contributed by atoms with Crippen molar-refractivity contribution < 1.29 is 14.6 Å². The van der Waals surface area contributed by atoms with Crippen molar-refractivity contribution in [3.05, 3.63) is 47.0 Å². The highest BCUT2D eigenvalue weighted by Crippen LogP contribution is 2.28. The molecule has 4 N–H and O–H groups in total. The van der Waals surface area contributed by atoms with Crippen LogP contribution in [0.4, 0.5) is 11.4 Å². The Balaban J connectivity index is 2.21. The molecule has 104 valence electrons. The number of carbonyl (C=O) groups excluding carboxylic acids is 1. The average molecular weight is 293 g/mol. The molecule has 0 unspecified atom stereocenters. The van der Waals surface area contributed by atoms with Gasteiger partial charge in [0, 0.05) is 17.3 Å². The maximum Gasteiger partial charge on any atom is 0.255 e. The topological polar surface area (TPSA) is 84.6 Å². The Morgan fingerprint density at radius 1 is 1.30 bits per heavy atom. The highest BCUT2D eigenvalue weighted by molar-refractivity contribution is 6.32. The molecule has 5 nitrogen and oxygen atoms in total. The molecule has 0 aliphatic heterocycles. The first-order valence-corrected chi connectivity index (χ1v) is 6.12. The molecule has 0 aliphatic rings. The van der Waals surface area contributed by atoms with E-state index in [2.05, 4.69) is 5.32 Å². The molecular formula is C14H13ClN2O3. The first kappa shape index (κ1) is 14.0. The van der Waals surface area contributed by atoms with E-state index < -0.39 is 0 Å². The van der Waals surface area contributed by atoms with Gasteiger partial charge in [0.05, 0.1) is 17.8 Å². The lowest BCUT2D eigenvalue weighted by atomic mass is 10.1. The summed E-state index contributed by atoms with van der Waals surface area (Å²) in [7, 11) is 1.49. The van der Waals surface area contributed by atoms with Gasteiger partial charge in [0.25, 0.3) is 5.91 Å². The number of halogens is 1. The summed E-state index contributed by atoms with van der Waals surface area (Å²) in [6.07, 6.45) is 0. The average Bonchev–Trinajstić information content (AvgIpc) is 2.43. The molecule has 20 heavy (non-hydrogen) atoms. The molecule has 0 saturated carbocycles. The van der Waals surface area contributed by atoms with Gasteiger partial charge in [-0.15, -0.1) is 0 Å². The van der Waals surface area contributed by atoms with E-state index in [0.29, 0.717) is 22.0 Å². The fraction of sp³-hybridized carbons (Fsp3) is 0.0714. The number of nitrogens with one attached hydrogen (secondary N) is 1. The molecule has 0 fully saturated rings. The number of rotatable bonds is 3. The van der Waals surface area contributed by atoms with E-state index in [1.165, 1.54) is 25.3 Å². The van der Waals surface area contributed by atoms with E-state index in [-0.39, 0.29) is 17.3 Å². The summed E-state index contributed by atoms with van der Waals surface area (Å²) in [6.45, 7) is 0. The van der Waals surface area contributed by atoms with Crippen LogP contribution in [0.15, 0.2) is 36.4 Å². The van der Waals surface area contributed by atoms with Crippen molar-refractivity contribution in [1.82, 2.24) is 0 Å². The Morgan fingerprint density at radius 2 is 2.05 bits per heavy atom. The molecule has 2 aromatic carbocycles. The number of ether oxygens (including phenoxy) is 1. The molecule has 0 aliphatic carbocycles. The third-order valence-corrected chi connectivity index (χ3v) is 3.01. The second kappa shape index (κ2) is 5.71. The van der Waals surface area contributed by atoms with Crippen LogP contribution in [0.25, 0.3) is 0 Å². The quantitative estimate of drug-likeness (QED) is 0.600. The van der Waals surface area contributed by atoms with Crippen LogP contribution < -0.4 is 15.8 Å². The lowest BCUT2D eigenvalue weighted by molar-refractivity contribution is 0.102. The van der Waals surface area contributed by atoms with Gasteiger partial charge in [-0.3, -0.25) is 4.79 Å². The number of amides is 1. The third-order valence-electron chi connectivity index (χ3n) is 2.70. The van der Waals surface area contributed by atoms with E-state index in [9.17, 15) is 9.90 Å². The Kier molecular flexibility index (Phi) is 4.00. The van der Waals surface area contributed by atoms with Gasteiger partial charge in [0.1, 0.15) is 11.5 Å². The van der Waals surface area contributed by atoms with Gasteiger partial charge in [0.15, 0.2) is 0 Å². The van der Waals surface area contributed by atoms with Gasteiger partial charge in [-0.25, -0.2) is 0 Å². The minimum atomic E-state index is -0.371. The Labute approximate surface area is 120 Å². The smallest absolute Gasteiger partial charge is 0.255 e. The number of methoxy groups -OCH3 is 1. The zero-order valence-corrected chi connectivity index (χ0v) is 11.4. The number of benzene rings is 2. The van der Waals surface area contributed by atoms with Crippen LogP contribution in [0.3, 0.4) is 0 Å². The molecule has 1 amide bonds. The van der Waals surface area contributed by atoms with E-state index in [0.717, 1.165) is 0 Å². The lowest BCUT2D eigenvalue weighted by Crippen LogP contribution is -2.12. The summed E-state index contributed by atoms with van der Waals surface area (Å²) in [5.74, 6) is -0.0411. The predicted molar refractivity (Wildman–Crippen MR) is 78.5 cm³/mol. The molecule has 0 bridgehead atoms. The van der Waals surface area contributed by atoms with E-state index in [4.69, 9.17) is 22.1 Å². The summed E-state index contributed by atoms with van der Waals surface area (Å²) in [4.78, 5) is 12.0. The van der Waals surface area contributed by atoms with Crippen LogP contribution in [0, 0.1) is 0 Å². The van der Waals surface area contributed by atoms with Gasteiger partial charge >= 0.3 is 0 Å². The highest BCUT2D eigenvalue weighted by atomic mass is 35.5. The number of nitrogen functional groups attached to an aromatic ring is 1. The summed E-state index contributed by atoms with van der Waals surface area (Å²) in [6, 6.07) is 9.18. The van der Waals surface area contributed by atoms with Crippen LogP contribution in [0.1, 0.15) is 10.4 Å². The maximum atomic E-state index is 12.0. The van der Waals surface area contributed by atoms with Gasteiger partial charge < -0.3 is 20.9 Å². The largest absolute Gasteiger partial charge is 0.506 e. The number of carbonyl (C=O) groups is 1. The second-order valence-electron chi connectivity index (χ2n) is 4.08. The summed E-state index contributed by atoms with van der Waals surface area (Å²) in [5.41, 5.74) is 6.53. The van der Waals surface area contributed by atoms with Crippen molar-refractivity contribution in [3.63, 3.8) is 0 Å². The molecule has 2 aromatic rings. The fourth-order valence-electron chi connectivity index (χ4n) is 1.63. The van der Waals surface area contributed by atoms with Gasteiger partial charge in [-0.1, -0.05) is 11.6 Å². The van der Waals surface area contributed by atoms with E-state index in [1.807, 2.05) is 0 Å². The van der Waals surface area contributed by atoms with Crippen LogP contribution in [0.2, 0.25) is 5.02 Å². The molecule has 0 radical (unpaired) electrons. The zero-order chi connectivity index (χ0) is 14.7. The molecule has 2 rings (SSSR count). The maximum absolute atomic E-state index is 12.0. The van der Waals surface area contributed by atoms with Crippen LogP contribution >= 0.6 is 11.6 Å². The minimum Gasteiger partial charge on any atom is -0.506 e. The zero-order valence-electron chi connectivity index (χ0n) is 10.7. The molecule has 0 atom stereocenters. The van der Waals surface area contributed by atoms with Crippen molar-refractivity contribution in [3.8, 4) is 11.5 Å². The van der Waals surface area contributed by atoms with Gasteiger partial charge in [-0.2, -0.15) is 0 Å². The summed E-state index contributed by atoms with van der Waals surface area (Å²) < 4.78 is 5.07. The van der Waals surface area contributed by atoms with Gasteiger partial charge in [-0.05, 0) is 30.3 Å². The second-order valence-corrected chi connectivity index (χ2v) is 4.48. The Morgan fingerprint density at radius 3 is 2.70 bits per heavy atom. The number of aromatic hydroxyl groups is 1. The van der Waals surface area contributed by atoms with Crippen molar-refractivity contribution >= 4 is 28.9 Å². The number of phenolic OH excluding ortho intramolecular Hbond substituents is 1. The normalized spacial score (nSPS) is 10.1. The molecule has 0 heterocycles. The van der Waals surface area contributed by atoms with E-state index >= 15 is 0 Å². The fourth-order valence-corrected chi connectivity index (χ4v) is 1.82. The van der Waals surface area contributed by atoms with Crippen molar-refractivity contribution in [1.29, 1.82) is 0 Å². The standard InChI is InChI=1S/C14H13ClN2O3/c1-20-13-7-9(3-4-10(13)15)17-14(19)8-2-5-11(16)12(18)6-8/h2-7,18H,16H2,1H3,(H,17,19). The lowest BCUT2D eigenvalue weighted by Gasteiger charge is -2.09. The van der Waals surface area contributed by atoms with Crippen molar-refractivity contribution in [2.45, 2.75) is 0 Å². The molecular weight excluding hydrogens is 280 g/mol. The number of nitrogens with two attached hydrogens (primary N) is 1. The van der Waals surface area contributed by atoms with Gasteiger partial charge in [0.2, 0.25) is 0 Å². The van der Waals surface area contributed by atoms with Crippen molar-refractivity contribution in [2.24, 2.45) is 0 Å². The van der Waals surface area contributed by atoms with Crippen LogP contribution in [0.5, 0.6) is 11.5 Å². The number of anilines is 2. The van der Waals surface area contributed by atoms with Crippen molar-refractivity contribution in [2.75, 3.05) is 18.2 Å². The number of phenols is 1. The molecule has 0 aromatic heterocycles. The first-order valence-electron chi connectivity index (χ1n) is 5.74. The number of hydrogen-bond acceptors (Lipinski definition) is 4. The Bertz CT molecular complexity index is 659. The van der Waals surface area contributed by atoms with E-state index in [1.54, 1.807) is 18.2 Å². The molecule has 0 saturated heterocycles. The predicted octanol–water partition coefficient (Wildman–Crippen LogP) is 2.89.